The van der Waals surface area contributed by atoms with Crippen LogP contribution in [0, 0.1) is 0 Å². The van der Waals surface area contributed by atoms with Crippen LogP contribution in [0.15, 0.2) is 12.3 Å². The second kappa shape index (κ2) is 44.3. The van der Waals surface area contributed by atoms with Crippen molar-refractivity contribution >= 4 is 77.0 Å². The van der Waals surface area contributed by atoms with Crippen molar-refractivity contribution in [2.75, 3.05) is 92.0 Å². The number of ether oxygens (including phenoxy) is 3. The summed E-state index contributed by atoms with van der Waals surface area (Å²) >= 11 is 0. The molecule has 31 heteroatoms. The number of nitrogens with zero attached hydrogens (tertiary/aromatic N) is 3. The van der Waals surface area contributed by atoms with Crippen molar-refractivity contribution in [3.05, 3.63) is 12.3 Å². The molecule has 0 spiro atoms. The van der Waals surface area contributed by atoms with Gasteiger partial charge in [0.25, 0.3) is 0 Å². The summed E-state index contributed by atoms with van der Waals surface area (Å²) in [6, 6.07) is -4.07. The highest BCUT2D eigenvalue weighted by molar-refractivity contribution is 5.81. The second-order valence-corrected chi connectivity index (χ2v) is 20.0. The normalized spacial score (nSPS) is 13.0. The van der Waals surface area contributed by atoms with Gasteiger partial charge in [-0.2, -0.15) is 0 Å². The van der Waals surface area contributed by atoms with Gasteiger partial charge in [0.15, 0.2) is 0 Å². The van der Waals surface area contributed by atoms with Gasteiger partial charge < -0.3 is 76.1 Å². The molecule has 0 bridgehead atoms. The lowest BCUT2D eigenvalue weighted by Crippen LogP contribution is -2.58. The highest BCUT2D eigenvalue weighted by Crippen LogP contribution is 2.17. The summed E-state index contributed by atoms with van der Waals surface area (Å²) < 4.78 is 17.8. The summed E-state index contributed by atoms with van der Waals surface area (Å²) in [5, 5.41) is 92.6. The molecule has 31 nitrogen and oxygen atoms in total. The van der Waals surface area contributed by atoms with Crippen LogP contribution in [-0.4, -0.2) is 253 Å². The molecule has 3 unspecified atom stereocenters. The van der Waals surface area contributed by atoms with Crippen LogP contribution in [0.5, 0.6) is 0 Å². The lowest BCUT2D eigenvalue weighted by Gasteiger charge is -2.34. The first kappa shape index (κ1) is 76.8. The van der Waals surface area contributed by atoms with Gasteiger partial charge >= 0.3 is 47.8 Å². The van der Waals surface area contributed by atoms with Gasteiger partial charge in [-0.25, -0.2) is 0 Å². The number of aliphatic hydroxyl groups is 1. The Labute approximate surface area is 486 Å². The molecule has 12 N–H and O–H groups in total. The number of hydrogen-bond acceptors (Lipinski definition) is 20. The molecule has 0 radical (unpaired) electrons. The minimum absolute atomic E-state index is 0.00753. The summed E-state index contributed by atoms with van der Waals surface area (Å²) in [5.41, 5.74) is -1.52. The molecule has 3 atom stereocenters. The first-order chi connectivity index (χ1) is 39.6. The van der Waals surface area contributed by atoms with E-state index in [2.05, 4.69) is 22.5 Å². The summed E-state index contributed by atoms with van der Waals surface area (Å²) in [6.07, 6.45) is 2.49. The van der Waals surface area contributed by atoms with E-state index in [0.717, 1.165) is 14.7 Å². The maximum Gasteiger partial charge on any atom is 0.320 e. The summed E-state index contributed by atoms with van der Waals surface area (Å²) in [6.45, 7) is -0.791. The number of carbonyl (C=O) groups is 13. The largest absolute Gasteiger partial charge is 0.512 e. The summed E-state index contributed by atoms with van der Waals surface area (Å²) in [7, 11) is 0. The number of carboxylic acid groups (broad SMARTS) is 8. The molecule has 0 rings (SSSR count). The van der Waals surface area contributed by atoms with Crippen LogP contribution in [0.4, 0.5) is 0 Å². The van der Waals surface area contributed by atoms with Crippen LogP contribution in [0.3, 0.4) is 0 Å². The predicted octanol–water partition coefficient (Wildman–Crippen LogP) is 0.454. The van der Waals surface area contributed by atoms with E-state index < -0.39 is 128 Å². The third-order valence-electron chi connectivity index (χ3n) is 12.7. The standard InChI is InChI=1S/C53H86N6O25/c1-3-37(61)13-7-8-18-44(65)56-53(33-82-24-19-38(62)14-5-4-6-15-39(50(76)77)57(27-36(2)60)28-45(66)67,34-83-25-20-42(63)54-22-11-9-16-40(51(78)79)58(29-46(68)69)30-47(70)71)35-84-26-21-43(64)55-23-12-10-17-41(52(80)81)59(31-48(72)73)32-49(74)75/h39-41,60H,2-35H2,1H3,(H,54,63)(H,55,64)(H,56,65)(H,66,67)(H,68,69)(H,70,71)(H,72,73)(H,74,75)(H,76,77)(H,78,79)(H,80,81). The predicted molar refractivity (Wildman–Crippen MR) is 292 cm³/mol. The quantitative estimate of drug-likeness (QED) is 0.0291. The number of Topliss-reactive ketones (excluding diaryl/α,β-unsaturated/α-hetero) is 2. The van der Waals surface area contributed by atoms with Crippen LogP contribution >= 0.6 is 0 Å². The molecule has 0 aliphatic carbocycles. The van der Waals surface area contributed by atoms with Crippen LogP contribution in [0.2, 0.25) is 0 Å². The third kappa shape index (κ3) is 38.6. The number of aliphatic hydroxyl groups excluding tert-OH is 1. The Bertz CT molecular complexity index is 1910. The Morgan fingerprint density at radius 3 is 1.10 bits per heavy atom. The Hall–Kier alpha value is -7.19. The maximum absolute atomic E-state index is 13.5. The van der Waals surface area contributed by atoms with Gasteiger partial charge in [-0.05, 0) is 64.2 Å². The fraction of sp³-hybridized carbons (Fsp3) is 0.717. The molecule has 0 aromatic heterocycles. The van der Waals surface area contributed by atoms with Gasteiger partial charge in [0.1, 0.15) is 35.2 Å². The van der Waals surface area contributed by atoms with Crippen LogP contribution in [-0.2, 0) is 76.5 Å². The minimum atomic E-state index is -1.52. The van der Waals surface area contributed by atoms with Gasteiger partial charge in [0.2, 0.25) is 17.7 Å². The fourth-order valence-electron chi connectivity index (χ4n) is 8.53. The lowest BCUT2D eigenvalue weighted by atomic mass is 10.0. The van der Waals surface area contributed by atoms with E-state index in [-0.39, 0.29) is 154 Å². The van der Waals surface area contributed by atoms with Crippen LogP contribution in [0.1, 0.15) is 129 Å². The molecule has 0 fully saturated rings. The number of aliphatic carboxylic acids is 8. The highest BCUT2D eigenvalue weighted by atomic mass is 16.5. The average Bonchev–Trinajstić information content (AvgIpc) is 3.61. The van der Waals surface area contributed by atoms with E-state index in [4.69, 9.17) is 34.6 Å². The third-order valence-corrected chi connectivity index (χ3v) is 12.7. The molecular weight excluding hydrogens is 1120 g/mol. The van der Waals surface area contributed by atoms with Crippen molar-refractivity contribution in [3.8, 4) is 0 Å². The number of hydrogen-bond donors (Lipinski definition) is 12. The zero-order valence-corrected chi connectivity index (χ0v) is 47.7. The zero-order valence-electron chi connectivity index (χ0n) is 47.7. The molecule has 0 heterocycles. The Morgan fingerprint density at radius 2 is 0.738 bits per heavy atom. The number of nitrogens with one attached hydrogen (secondary N) is 3. The van der Waals surface area contributed by atoms with Crippen molar-refractivity contribution < 1.29 is 122 Å². The first-order valence-electron chi connectivity index (χ1n) is 27.6. The number of carboxylic acids is 8. The Balaban J connectivity index is 6.05. The van der Waals surface area contributed by atoms with Crippen molar-refractivity contribution in [2.45, 2.75) is 153 Å². The van der Waals surface area contributed by atoms with Crippen molar-refractivity contribution in [3.63, 3.8) is 0 Å². The number of unbranched alkanes of at least 4 members (excludes halogenated alkanes) is 5. The van der Waals surface area contributed by atoms with Gasteiger partial charge in [0, 0.05) is 58.0 Å². The van der Waals surface area contributed by atoms with E-state index in [1.54, 1.807) is 6.92 Å². The maximum atomic E-state index is 13.5. The topological polar surface area (TPSA) is 477 Å². The molecule has 0 aromatic rings. The SMILES string of the molecule is C=C(O)CN(CC(=O)O)C(CCCCCC(=O)CCOCC(COCCC(=O)NCCCCC(C(=O)O)N(CC(=O)O)CC(=O)O)(COCCC(=O)NCCCCC(C(=O)O)N(CC(=O)O)CC(=O)O)NC(=O)CCCCC(=O)CC)C(=O)O. The molecule has 0 aliphatic rings. The van der Waals surface area contributed by atoms with E-state index in [1.165, 1.54) is 0 Å². The average molecular weight is 1210 g/mol. The van der Waals surface area contributed by atoms with Crippen molar-refractivity contribution in [1.29, 1.82) is 0 Å². The fourth-order valence-corrected chi connectivity index (χ4v) is 8.53. The second-order valence-electron chi connectivity index (χ2n) is 20.0. The summed E-state index contributed by atoms with van der Waals surface area (Å²) in [5.74, 6) is -13.2. The molecule has 3 amide bonds. The summed E-state index contributed by atoms with van der Waals surface area (Å²) in [4.78, 5) is 159. The smallest absolute Gasteiger partial charge is 0.320 e. The van der Waals surface area contributed by atoms with E-state index >= 15 is 0 Å². The molecule has 0 aliphatic heterocycles. The number of carbonyl (C=O) groups excluding carboxylic acids is 5. The molecule has 84 heavy (non-hydrogen) atoms. The Morgan fingerprint density at radius 1 is 0.405 bits per heavy atom. The Kier molecular flexibility index (Phi) is 40.6. The number of rotatable bonds is 56. The zero-order chi connectivity index (χ0) is 63.6. The molecule has 0 aromatic carbocycles. The minimum Gasteiger partial charge on any atom is -0.512 e. The molecular formula is C53H86N6O25. The van der Waals surface area contributed by atoms with Gasteiger partial charge in [0.05, 0.1) is 84.7 Å². The van der Waals surface area contributed by atoms with Gasteiger partial charge in [-0.3, -0.25) is 77.0 Å². The molecule has 478 valence electrons. The highest BCUT2D eigenvalue weighted by Gasteiger charge is 2.35. The van der Waals surface area contributed by atoms with Crippen LogP contribution in [0.25, 0.3) is 0 Å². The van der Waals surface area contributed by atoms with E-state index in [9.17, 15) is 87.9 Å². The monoisotopic (exact) mass is 1210 g/mol. The lowest BCUT2D eigenvalue weighted by molar-refractivity contribution is -0.152. The van der Waals surface area contributed by atoms with Crippen molar-refractivity contribution in [1.82, 2.24) is 30.7 Å². The van der Waals surface area contributed by atoms with Crippen molar-refractivity contribution in [2.24, 2.45) is 0 Å². The van der Waals surface area contributed by atoms with E-state index in [0.29, 0.717) is 38.5 Å². The first-order valence-corrected chi connectivity index (χ1v) is 27.6. The molecule has 0 saturated carbocycles. The number of amides is 3. The molecule has 0 saturated heterocycles. The number of ketones is 2. The van der Waals surface area contributed by atoms with Gasteiger partial charge in [-0.15, -0.1) is 0 Å². The van der Waals surface area contributed by atoms with Crippen LogP contribution < -0.4 is 16.0 Å². The van der Waals surface area contributed by atoms with E-state index in [1.807, 2.05) is 0 Å². The van der Waals surface area contributed by atoms with Gasteiger partial charge in [-0.1, -0.05) is 26.3 Å².